The van der Waals surface area contributed by atoms with E-state index in [1.807, 2.05) is 30.3 Å². The van der Waals surface area contributed by atoms with Crippen molar-refractivity contribution in [3.8, 4) is 11.3 Å². The maximum absolute atomic E-state index is 11.7. The van der Waals surface area contributed by atoms with Gasteiger partial charge in [-0.2, -0.15) is 0 Å². The number of ether oxygens (including phenoxy) is 1. The van der Waals surface area contributed by atoms with Crippen molar-refractivity contribution >= 4 is 40.5 Å². The van der Waals surface area contributed by atoms with E-state index in [0.717, 1.165) is 49.3 Å². The predicted octanol–water partition coefficient (Wildman–Crippen LogP) is 6.28. The lowest BCUT2D eigenvalue weighted by molar-refractivity contribution is 0.0600. The molecule has 2 heterocycles. The second-order valence-electron chi connectivity index (χ2n) is 7.44. The standard InChI is InChI=1S/C23H22Cl2N2O2S/c1-29-23(28)18-4-2-3-15(11-18)13-27-9-7-16(8-10-27)22-26-21(14-30-22)17-5-6-19(24)20(25)12-17/h2-6,11-12,14,16H,7-10,13H2,1H3. The first-order valence-corrected chi connectivity index (χ1v) is 11.5. The molecule has 1 fully saturated rings. The average Bonchev–Trinajstić information content (AvgIpc) is 3.26. The molecule has 0 N–H and O–H groups in total. The third kappa shape index (κ3) is 4.86. The van der Waals surface area contributed by atoms with Gasteiger partial charge in [-0.1, -0.05) is 41.4 Å². The van der Waals surface area contributed by atoms with Gasteiger partial charge in [0.05, 0.1) is 33.4 Å². The van der Waals surface area contributed by atoms with E-state index in [9.17, 15) is 4.79 Å². The Bertz CT molecular complexity index is 1050. The first-order chi connectivity index (χ1) is 14.5. The molecule has 0 saturated carbocycles. The lowest BCUT2D eigenvalue weighted by Crippen LogP contribution is -2.32. The van der Waals surface area contributed by atoms with Crippen LogP contribution in [0.5, 0.6) is 0 Å². The minimum Gasteiger partial charge on any atom is -0.465 e. The molecule has 0 bridgehead atoms. The van der Waals surface area contributed by atoms with Crippen molar-refractivity contribution in [2.24, 2.45) is 0 Å². The molecule has 1 saturated heterocycles. The van der Waals surface area contributed by atoms with E-state index in [-0.39, 0.29) is 5.97 Å². The molecule has 0 unspecified atom stereocenters. The van der Waals surface area contributed by atoms with Gasteiger partial charge in [0.1, 0.15) is 0 Å². The van der Waals surface area contributed by atoms with Crippen LogP contribution in [0.4, 0.5) is 0 Å². The Morgan fingerprint density at radius 2 is 1.97 bits per heavy atom. The van der Waals surface area contributed by atoms with Crippen molar-refractivity contribution in [1.82, 2.24) is 9.88 Å². The van der Waals surface area contributed by atoms with Gasteiger partial charge in [0.25, 0.3) is 0 Å². The third-order valence-electron chi connectivity index (χ3n) is 5.43. The third-order valence-corrected chi connectivity index (χ3v) is 7.17. The van der Waals surface area contributed by atoms with Crippen molar-refractivity contribution in [3.63, 3.8) is 0 Å². The van der Waals surface area contributed by atoms with E-state index in [1.54, 1.807) is 17.4 Å². The van der Waals surface area contributed by atoms with E-state index in [1.165, 1.54) is 12.1 Å². The van der Waals surface area contributed by atoms with E-state index >= 15 is 0 Å². The van der Waals surface area contributed by atoms with Crippen LogP contribution in [0, 0.1) is 0 Å². The van der Waals surface area contributed by atoms with Crippen molar-refractivity contribution in [2.75, 3.05) is 20.2 Å². The topological polar surface area (TPSA) is 42.4 Å². The van der Waals surface area contributed by atoms with Crippen molar-refractivity contribution < 1.29 is 9.53 Å². The van der Waals surface area contributed by atoms with Gasteiger partial charge in [-0.05, 0) is 55.8 Å². The summed E-state index contributed by atoms with van der Waals surface area (Å²) in [4.78, 5) is 19.0. The molecule has 1 aliphatic rings. The zero-order valence-electron chi connectivity index (χ0n) is 16.6. The van der Waals surface area contributed by atoms with Crippen LogP contribution in [0.15, 0.2) is 47.8 Å². The van der Waals surface area contributed by atoms with Crippen molar-refractivity contribution in [3.05, 3.63) is 74.0 Å². The first kappa shape index (κ1) is 21.3. The monoisotopic (exact) mass is 460 g/mol. The quantitative estimate of drug-likeness (QED) is 0.419. The Hall–Kier alpha value is -1.92. The molecule has 4 nitrogen and oxygen atoms in total. The van der Waals surface area contributed by atoms with Crippen LogP contribution in [0.1, 0.15) is 39.7 Å². The summed E-state index contributed by atoms with van der Waals surface area (Å²) in [6, 6.07) is 13.3. The molecule has 0 spiro atoms. The van der Waals surface area contributed by atoms with Gasteiger partial charge < -0.3 is 4.74 Å². The summed E-state index contributed by atoms with van der Waals surface area (Å²) in [6.45, 7) is 2.85. The Morgan fingerprint density at radius 1 is 1.17 bits per heavy atom. The molecule has 7 heteroatoms. The van der Waals surface area contributed by atoms with Gasteiger partial charge in [0.15, 0.2) is 0 Å². The van der Waals surface area contributed by atoms with Crippen LogP contribution in [-0.4, -0.2) is 36.1 Å². The Kier molecular flexibility index (Phi) is 6.74. The number of hydrogen-bond donors (Lipinski definition) is 0. The SMILES string of the molecule is COC(=O)c1cccc(CN2CCC(c3nc(-c4ccc(Cl)c(Cl)c4)cs3)CC2)c1. The predicted molar refractivity (Wildman–Crippen MR) is 123 cm³/mol. The Morgan fingerprint density at radius 3 is 2.70 bits per heavy atom. The van der Waals surface area contributed by atoms with Gasteiger partial charge >= 0.3 is 5.97 Å². The fourth-order valence-electron chi connectivity index (χ4n) is 3.77. The normalized spacial score (nSPS) is 15.3. The fourth-order valence-corrected chi connectivity index (χ4v) is 5.07. The number of nitrogens with zero attached hydrogens (tertiary/aromatic N) is 2. The molecular formula is C23H22Cl2N2O2S. The lowest BCUT2D eigenvalue weighted by atomic mass is 9.97. The molecule has 0 atom stereocenters. The number of aromatic nitrogens is 1. The van der Waals surface area contributed by atoms with Crippen LogP contribution in [-0.2, 0) is 11.3 Å². The summed E-state index contributed by atoms with van der Waals surface area (Å²) in [7, 11) is 1.41. The van der Waals surface area contributed by atoms with Crippen LogP contribution >= 0.6 is 34.5 Å². The number of benzene rings is 2. The molecule has 0 radical (unpaired) electrons. The maximum atomic E-state index is 11.7. The number of thiazole rings is 1. The second-order valence-corrected chi connectivity index (χ2v) is 9.15. The summed E-state index contributed by atoms with van der Waals surface area (Å²) in [6.07, 6.45) is 2.15. The summed E-state index contributed by atoms with van der Waals surface area (Å²) in [5.41, 5.74) is 3.68. The zero-order valence-corrected chi connectivity index (χ0v) is 18.9. The van der Waals surface area contributed by atoms with Crippen LogP contribution in [0.2, 0.25) is 10.0 Å². The smallest absolute Gasteiger partial charge is 0.337 e. The Labute approximate surface area is 190 Å². The number of carbonyl (C=O) groups is 1. The van der Waals surface area contributed by atoms with Crippen LogP contribution in [0.3, 0.4) is 0 Å². The summed E-state index contributed by atoms with van der Waals surface area (Å²) in [5.74, 6) is 0.182. The highest BCUT2D eigenvalue weighted by Gasteiger charge is 2.23. The zero-order chi connectivity index (χ0) is 21.1. The number of rotatable bonds is 5. The van der Waals surface area contributed by atoms with Crippen molar-refractivity contribution in [1.29, 1.82) is 0 Å². The highest BCUT2D eigenvalue weighted by atomic mass is 35.5. The molecule has 0 aliphatic carbocycles. The van der Waals surface area contributed by atoms with Crippen LogP contribution in [0.25, 0.3) is 11.3 Å². The molecule has 1 aromatic heterocycles. The molecule has 0 amide bonds. The number of methoxy groups -OCH3 is 1. The minimum absolute atomic E-state index is 0.294. The molecule has 2 aromatic carbocycles. The van der Waals surface area contributed by atoms with E-state index in [4.69, 9.17) is 32.9 Å². The van der Waals surface area contributed by atoms with E-state index in [0.29, 0.717) is 21.5 Å². The number of likely N-dealkylation sites (tertiary alicyclic amines) is 1. The highest BCUT2D eigenvalue weighted by molar-refractivity contribution is 7.10. The number of halogens is 2. The summed E-state index contributed by atoms with van der Waals surface area (Å²) < 4.78 is 4.82. The number of carbonyl (C=O) groups excluding carboxylic acids is 1. The van der Waals surface area contributed by atoms with Gasteiger partial charge in [-0.15, -0.1) is 11.3 Å². The Balaban J connectivity index is 1.36. The van der Waals surface area contributed by atoms with Crippen LogP contribution < -0.4 is 0 Å². The maximum Gasteiger partial charge on any atom is 0.337 e. The van der Waals surface area contributed by atoms with E-state index < -0.39 is 0 Å². The number of esters is 1. The number of hydrogen-bond acceptors (Lipinski definition) is 5. The van der Waals surface area contributed by atoms with Gasteiger partial charge in [0, 0.05) is 23.4 Å². The first-order valence-electron chi connectivity index (χ1n) is 9.84. The number of piperidine rings is 1. The van der Waals surface area contributed by atoms with E-state index in [2.05, 4.69) is 16.3 Å². The summed E-state index contributed by atoms with van der Waals surface area (Å²) >= 11 is 13.9. The average molecular weight is 461 g/mol. The van der Waals surface area contributed by atoms with Gasteiger partial charge in [0.2, 0.25) is 0 Å². The molecular weight excluding hydrogens is 439 g/mol. The molecule has 3 aromatic rings. The largest absolute Gasteiger partial charge is 0.465 e. The van der Waals surface area contributed by atoms with Gasteiger partial charge in [-0.3, -0.25) is 4.90 Å². The molecule has 1 aliphatic heterocycles. The van der Waals surface area contributed by atoms with Crippen molar-refractivity contribution in [2.45, 2.75) is 25.3 Å². The lowest BCUT2D eigenvalue weighted by Gasteiger charge is -2.31. The minimum atomic E-state index is -0.294. The molecule has 4 rings (SSSR count). The fraction of sp³-hybridized carbons (Fsp3) is 0.304. The molecule has 156 valence electrons. The highest BCUT2D eigenvalue weighted by Crippen LogP contribution is 2.34. The molecule has 30 heavy (non-hydrogen) atoms. The second kappa shape index (κ2) is 9.48. The summed E-state index contributed by atoms with van der Waals surface area (Å²) in [5, 5.41) is 4.39. The van der Waals surface area contributed by atoms with Gasteiger partial charge in [-0.25, -0.2) is 9.78 Å².